The number of nitrogens with zero attached hydrogens (tertiary/aromatic N) is 4. The molecule has 0 aliphatic carbocycles. The van der Waals surface area contributed by atoms with Gasteiger partial charge in [0, 0.05) is 24.6 Å². The van der Waals surface area contributed by atoms with Gasteiger partial charge < -0.3 is 15.1 Å². The molecule has 0 spiro atoms. The largest absolute Gasteiger partial charge is 0.332 e. The first-order valence-electron chi connectivity index (χ1n) is 12.0. The van der Waals surface area contributed by atoms with Crippen molar-refractivity contribution in [2.75, 3.05) is 39.0 Å². The summed E-state index contributed by atoms with van der Waals surface area (Å²) in [7, 11) is 3.91. The van der Waals surface area contributed by atoms with Crippen LogP contribution in [0.4, 0.5) is 5.82 Å². The number of hydrogen-bond acceptors (Lipinski definition) is 4. The van der Waals surface area contributed by atoms with Crippen LogP contribution in [0.2, 0.25) is 0 Å². The lowest BCUT2D eigenvalue weighted by atomic mass is 9.92. The molecule has 0 atom stereocenters. The van der Waals surface area contributed by atoms with Crippen LogP contribution in [0, 0.1) is 6.92 Å². The molecule has 1 heterocycles. The molecule has 7 heteroatoms. The molecule has 7 nitrogen and oxygen atoms in total. The van der Waals surface area contributed by atoms with Crippen molar-refractivity contribution in [3.63, 3.8) is 0 Å². The summed E-state index contributed by atoms with van der Waals surface area (Å²) in [5.41, 5.74) is 3.58. The van der Waals surface area contributed by atoms with Crippen LogP contribution in [0.5, 0.6) is 0 Å². The van der Waals surface area contributed by atoms with Gasteiger partial charge in [0.1, 0.15) is 5.82 Å². The van der Waals surface area contributed by atoms with Crippen molar-refractivity contribution >= 4 is 17.6 Å². The van der Waals surface area contributed by atoms with Gasteiger partial charge in [-0.25, -0.2) is 4.68 Å². The number of carbonyl (C=O) groups excluding carboxylic acids is 2. The smallest absolute Gasteiger partial charge is 0.245 e. The first-order chi connectivity index (χ1) is 16.5. The lowest BCUT2D eigenvalue weighted by Crippen LogP contribution is -2.42. The number of para-hydroxylation sites is 1. The van der Waals surface area contributed by atoms with E-state index in [1.54, 1.807) is 9.58 Å². The maximum absolute atomic E-state index is 13.2. The topological polar surface area (TPSA) is 70.5 Å². The number of benzene rings is 2. The van der Waals surface area contributed by atoms with E-state index in [0.29, 0.717) is 18.9 Å². The molecule has 0 radical (unpaired) electrons. The number of amides is 2. The fraction of sp³-hybridized carbons (Fsp3) is 0.393. The molecule has 0 aliphatic heterocycles. The second-order valence-corrected chi connectivity index (χ2v) is 10.2. The molecule has 1 aromatic heterocycles. The van der Waals surface area contributed by atoms with Crippen LogP contribution in [-0.4, -0.2) is 65.1 Å². The Bertz CT molecular complexity index is 1150. The molecule has 3 rings (SSSR count). The van der Waals surface area contributed by atoms with Crippen LogP contribution in [0.1, 0.15) is 37.6 Å². The number of hydrogen-bond donors (Lipinski definition) is 1. The number of nitrogens with one attached hydrogen (secondary N) is 1. The second kappa shape index (κ2) is 11.3. The van der Waals surface area contributed by atoms with Crippen molar-refractivity contribution in [3.8, 4) is 5.69 Å². The number of carbonyl (C=O) groups is 2. The van der Waals surface area contributed by atoms with Gasteiger partial charge in [-0.15, -0.1) is 0 Å². The lowest BCUT2D eigenvalue weighted by molar-refractivity contribution is -0.134. The Morgan fingerprint density at radius 3 is 2.26 bits per heavy atom. The van der Waals surface area contributed by atoms with Gasteiger partial charge in [-0.1, -0.05) is 69.3 Å². The van der Waals surface area contributed by atoms with Gasteiger partial charge in [-0.05, 0) is 38.2 Å². The molecule has 0 unspecified atom stereocenters. The minimum absolute atomic E-state index is 0.0245. The first kappa shape index (κ1) is 26.2. The summed E-state index contributed by atoms with van der Waals surface area (Å²) >= 11 is 0. The Kier molecular flexibility index (Phi) is 8.46. The Morgan fingerprint density at radius 2 is 1.63 bits per heavy atom. The van der Waals surface area contributed by atoms with Gasteiger partial charge in [-0.3, -0.25) is 9.59 Å². The highest BCUT2D eigenvalue weighted by molar-refractivity contribution is 5.94. The molecule has 2 aromatic carbocycles. The number of likely N-dealkylation sites (N-methyl/N-ethyl adjacent to an activating group) is 1. The van der Waals surface area contributed by atoms with E-state index >= 15 is 0 Å². The van der Waals surface area contributed by atoms with Crippen LogP contribution in [0.25, 0.3) is 5.69 Å². The highest BCUT2D eigenvalue weighted by Gasteiger charge is 2.23. The van der Waals surface area contributed by atoms with Crippen molar-refractivity contribution in [2.24, 2.45) is 0 Å². The van der Waals surface area contributed by atoms with Crippen molar-refractivity contribution in [1.29, 1.82) is 0 Å². The van der Waals surface area contributed by atoms with Crippen molar-refractivity contribution in [3.05, 3.63) is 77.5 Å². The molecule has 0 saturated carbocycles. The average Bonchev–Trinajstić information content (AvgIpc) is 3.21. The zero-order chi connectivity index (χ0) is 25.6. The summed E-state index contributed by atoms with van der Waals surface area (Å²) in [4.78, 5) is 29.9. The molecule has 0 saturated heterocycles. The second-order valence-electron chi connectivity index (χ2n) is 10.2. The van der Waals surface area contributed by atoms with E-state index in [9.17, 15) is 9.59 Å². The van der Waals surface area contributed by atoms with Crippen LogP contribution in [0.15, 0.2) is 60.7 Å². The number of aryl methyl sites for hydroxylation is 1. The molecule has 0 aliphatic rings. The predicted molar refractivity (Wildman–Crippen MR) is 141 cm³/mol. The SMILES string of the molecule is Cc1ccccc1-n1nc(C(C)(C)C)cc1NC(=O)CN(CCN(C)C)C(=O)Cc1ccccc1. The highest BCUT2D eigenvalue weighted by atomic mass is 16.2. The molecule has 3 aromatic rings. The van der Waals surface area contributed by atoms with E-state index in [1.165, 1.54) is 0 Å². The minimum Gasteiger partial charge on any atom is -0.332 e. The Morgan fingerprint density at radius 1 is 0.971 bits per heavy atom. The normalized spacial score (nSPS) is 11.5. The standard InChI is InChI=1S/C28H37N5O2/c1-21-12-10-11-15-23(21)33-25(19-24(30-33)28(2,3)4)29-26(34)20-32(17-16-31(5)6)27(35)18-22-13-8-7-9-14-22/h7-15,19H,16-18,20H2,1-6H3,(H,29,34). The van der Waals surface area contributed by atoms with E-state index in [0.717, 1.165) is 22.5 Å². The van der Waals surface area contributed by atoms with Crippen molar-refractivity contribution < 1.29 is 9.59 Å². The Labute approximate surface area is 208 Å². The Balaban J connectivity index is 1.82. The number of rotatable bonds is 9. The van der Waals surface area contributed by atoms with Crippen LogP contribution < -0.4 is 5.32 Å². The molecular formula is C28H37N5O2. The minimum atomic E-state index is -0.250. The zero-order valence-electron chi connectivity index (χ0n) is 21.7. The van der Waals surface area contributed by atoms with Gasteiger partial charge in [-0.2, -0.15) is 5.10 Å². The summed E-state index contributed by atoms with van der Waals surface area (Å²) in [5.74, 6) is 0.272. The van der Waals surface area contributed by atoms with E-state index in [-0.39, 0.29) is 30.2 Å². The highest BCUT2D eigenvalue weighted by Crippen LogP contribution is 2.27. The van der Waals surface area contributed by atoms with Gasteiger partial charge >= 0.3 is 0 Å². The summed E-state index contributed by atoms with van der Waals surface area (Å²) in [6.45, 7) is 9.41. The average molecular weight is 476 g/mol. The van der Waals surface area contributed by atoms with Crippen LogP contribution in [-0.2, 0) is 21.4 Å². The molecule has 1 N–H and O–H groups in total. The fourth-order valence-electron chi connectivity index (χ4n) is 3.67. The summed E-state index contributed by atoms with van der Waals surface area (Å²) in [6, 6.07) is 19.5. The van der Waals surface area contributed by atoms with E-state index in [2.05, 4.69) is 26.1 Å². The zero-order valence-corrected chi connectivity index (χ0v) is 21.7. The quantitative estimate of drug-likeness (QED) is 0.507. The van der Waals surface area contributed by atoms with Crippen molar-refractivity contribution in [1.82, 2.24) is 19.6 Å². The monoisotopic (exact) mass is 475 g/mol. The molecule has 0 fully saturated rings. The van der Waals surface area contributed by atoms with Gasteiger partial charge in [0.2, 0.25) is 11.8 Å². The first-order valence-corrected chi connectivity index (χ1v) is 12.0. The third-order valence-corrected chi connectivity index (χ3v) is 5.79. The van der Waals surface area contributed by atoms with Crippen LogP contribution in [0.3, 0.4) is 0 Å². The number of anilines is 1. The van der Waals surface area contributed by atoms with E-state index < -0.39 is 0 Å². The molecule has 0 bridgehead atoms. The lowest BCUT2D eigenvalue weighted by Gasteiger charge is -2.24. The molecule has 35 heavy (non-hydrogen) atoms. The Hall–Kier alpha value is -3.45. The number of aromatic nitrogens is 2. The van der Waals surface area contributed by atoms with E-state index in [4.69, 9.17) is 5.10 Å². The summed E-state index contributed by atoms with van der Waals surface area (Å²) in [6.07, 6.45) is 0.261. The van der Waals surface area contributed by atoms with Crippen molar-refractivity contribution in [2.45, 2.75) is 39.5 Å². The molecule has 2 amide bonds. The third kappa shape index (κ3) is 7.26. The predicted octanol–water partition coefficient (Wildman–Crippen LogP) is 4.05. The maximum Gasteiger partial charge on any atom is 0.245 e. The third-order valence-electron chi connectivity index (χ3n) is 5.79. The molecular weight excluding hydrogens is 438 g/mol. The van der Waals surface area contributed by atoms with Gasteiger partial charge in [0.25, 0.3) is 0 Å². The summed E-state index contributed by atoms with van der Waals surface area (Å²) < 4.78 is 1.78. The van der Waals surface area contributed by atoms with E-state index in [1.807, 2.05) is 86.6 Å². The van der Waals surface area contributed by atoms with Gasteiger partial charge in [0.15, 0.2) is 0 Å². The van der Waals surface area contributed by atoms with Crippen LogP contribution >= 0.6 is 0 Å². The molecule has 186 valence electrons. The fourth-order valence-corrected chi connectivity index (χ4v) is 3.67. The van der Waals surface area contributed by atoms with Gasteiger partial charge in [0.05, 0.1) is 24.3 Å². The summed E-state index contributed by atoms with van der Waals surface area (Å²) in [5, 5.41) is 7.83. The maximum atomic E-state index is 13.2.